The van der Waals surface area contributed by atoms with Gasteiger partial charge in [0.25, 0.3) is 0 Å². The molecular weight excluding hydrogens is 108 g/mol. The van der Waals surface area contributed by atoms with Gasteiger partial charge in [-0.2, -0.15) is 0 Å². The molecule has 8 heavy (non-hydrogen) atoms. The van der Waals surface area contributed by atoms with Crippen LogP contribution in [0.4, 0.5) is 0 Å². The van der Waals surface area contributed by atoms with Gasteiger partial charge in [0, 0.05) is 5.97 Å². The van der Waals surface area contributed by atoms with Crippen LogP contribution in [0.15, 0.2) is 12.3 Å². The lowest BCUT2D eigenvalue weighted by Gasteiger charge is -1.92. The van der Waals surface area contributed by atoms with E-state index in [1.165, 1.54) is 6.92 Å². The summed E-state index contributed by atoms with van der Waals surface area (Å²) in [5, 5.41) is 18.2. The van der Waals surface area contributed by atoms with Crippen molar-refractivity contribution in [2.24, 2.45) is 0 Å². The minimum Gasteiger partial charge on any atom is -0.876 e. The van der Waals surface area contributed by atoms with Gasteiger partial charge in [-0.1, -0.05) is 6.92 Å². The van der Waals surface area contributed by atoms with Crippen molar-refractivity contribution in [3.05, 3.63) is 12.3 Å². The van der Waals surface area contributed by atoms with Gasteiger partial charge in [-0.05, 0) is 6.92 Å². The number of carboxylic acids is 1. The molecule has 0 radical (unpaired) electrons. The van der Waals surface area contributed by atoms with E-state index in [-0.39, 0.29) is 5.76 Å². The summed E-state index contributed by atoms with van der Waals surface area (Å²) in [7, 11) is 0. The summed E-state index contributed by atoms with van der Waals surface area (Å²) in [6, 6.07) is 0. The maximum absolute atomic E-state index is 9.33. The second-order valence-corrected chi connectivity index (χ2v) is 1.19. The molecule has 0 atom stereocenters. The van der Waals surface area contributed by atoms with E-state index >= 15 is 0 Å². The molecule has 48 valence electrons. The highest BCUT2D eigenvalue weighted by Gasteiger charge is 1.46. The summed E-state index contributed by atoms with van der Waals surface area (Å²) in [5.74, 6) is -1.17. The van der Waals surface area contributed by atoms with Crippen molar-refractivity contribution in [3.63, 3.8) is 0 Å². The Hall–Kier alpha value is -0.990. The first-order valence-electron chi connectivity index (χ1n) is 1.97. The van der Waals surface area contributed by atoms with E-state index in [0.29, 0.717) is 0 Å². The van der Waals surface area contributed by atoms with Crippen LogP contribution < -0.4 is 10.2 Å². The standard InChI is InChI=1S/C3H6O.C2H4O2/c1-3(2)4;1-2(3)4/h4H,1H2,2H3;1H3,(H,3,4)/p-2. The van der Waals surface area contributed by atoms with Crippen molar-refractivity contribution in [1.82, 2.24) is 0 Å². The quantitative estimate of drug-likeness (QED) is 0.367. The van der Waals surface area contributed by atoms with Crippen LogP contribution in [0.3, 0.4) is 0 Å². The smallest absolute Gasteiger partial charge is 0.0383 e. The molecule has 0 saturated carbocycles. The van der Waals surface area contributed by atoms with Gasteiger partial charge in [-0.15, -0.1) is 12.3 Å². The predicted octanol–water partition coefficient (Wildman–Crippen LogP) is -1.36. The highest BCUT2D eigenvalue weighted by Crippen LogP contribution is 1.57. The van der Waals surface area contributed by atoms with Gasteiger partial charge in [0.1, 0.15) is 0 Å². The van der Waals surface area contributed by atoms with Crippen LogP contribution in [0.2, 0.25) is 0 Å². The molecule has 0 fully saturated rings. The van der Waals surface area contributed by atoms with Gasteiger partial charge in [-0.25, -0.2) is 0 Å². The normalized spacial score (nSPS) is 6.25. The van der Waals surface area contributed by atoms with E-state index < -0.39 is 5.97 Å². The zero-order valence-corrected chi connectivity index (χ0v) is 4.93. The van der Waals surface area contributed by atoms with Gasteiger partial charge in [0.05, 0.1) is 0 Å². The summed E-state index contributed by atoms with van der Waals surface area (Å²) in [5.41, 5.74) is 0. The van der Waals surface area contributed by atoms with Gasteiger partial charge in [0.2, 0.25) is 0 Å². The van der Waals surface area contributed by atoms with E-state index in [0.717, 1.165) is 6.92 Å². The SMILES string of the molecule is C=C(C)[O-].CC(=O)[O-]. The fourth-order valence-electron chi connectivity index (χ4n) is 0. The van der Waals surface area contributed by atoms with Gasteiger partial charge in [0.15, 0.2) is 0 Å². The molecule has 0 aliphatic carbocycles. The van der Waals surface area contributed by atoms with E-state index in [1.54, 1.807) is 0 Å². The number of hydrogen-bond acceptors (Lipinski definition) is 3. The average Bonchev–Trinajstić information content (AvgIpc) is 1.25. The van der Waals surface area contributed by atoms with E-state index in [1.807, 2.05) is 0 Å². The van der Waals surface area contributed by atoms with Crippen LogP contribution in [0.1, 0.15) is 13.8 Å². The Kier molecular flexibility index (Phi) is 7.58. The molecule has 0 rings (SSSR count). The number of aliphatic carboxylic acids is 1. The average molecular weight is 116 g/mol. The fourth-order valence-corrected chi connectivity index (χ4v) is 0. The predicted molar refractivity (Wildman–Crippen MR) is 25.5 cm³/mol. The molecule has 0 aliphatic rings. The first-order valence-corrected chi connectivity index (χ1v) is 1.97. The van der Waals surface area contributed by atoms with Crippen LogP contribution in [0, 0.1) is 0 Å². The molecule has 0 heterocycles. The minimum atomic E-state index is -1.08. The third kappa shape index (κ3) is 82.2. The van der Waals surface area contributed by atoms with Crippen molar-refractivity contribution in [1.29, 1.82) is 0 Å². The largest absolute Gasteiger partial charge is 0.876 e. The van der Waals surface area contributed by atoms with Gasteiger partial charge < -0.3 is 15.0 Å². The Morgan fingerprint density at radius 3 is 1.38 bits per heavy atom. The summed E-state index contributed by atoms with van der Waals surface area (Å²) in [6.45, 7) is 5.39. The van der Waals surface area contributed by atoms with Crippen LogP contribution in [0.25, 0.3) is 0 Å². The molecule has 0 saturated heterocycles. The number of allylic oxidation sites excluding steroid dienone is 1. The molecule has 0 aromatic heterocycles. The van der Waals surface area contributed by atoms with Gasteiger partial charge >= 0.3 is 0 Å². The zero-order valence-electron chi connectivity index (χ0n) is 4.93. The minimum absolute atomic E-state index is 0.0833. The van der Waals surface area contributed by atoms with Crippen LogP contribution in [-0.4, -0.2) is 5.97 Å². The molecule has 0 aromatic rings. The topological polar surface area (TPSA) is 63.2 Å². The lowest BCUT2D eigenvalue weighted by molar-refractivity contribution is -0.302. The molecular formula is C5H8O3-2. The Bertz CT molecular complexity index is 65.7. The van der Waals surface area contributed by atoms with Gasteiger partial charge in [-0.3, -0.25) is 0 Å². The van der Waals surface area contributed by atoms with Crippen LogP contribution >= 0.6 is 0 Å². The highest BCUT2D eigenvalue weighted by molar-refractivity contribution is 5.60. The lowest BCUT2D eigenvalue weighted by Crippen LogP contribution is -2.16. The highest BCUT2D eigenvalue weighted by atomic mass is 16.4. The molecule has 0 bridgehead atoms. The monoisotopic (exact) mass is 116 g/mol. The molecule has 0 amide bonds. The molecule has 0 N–H and O–H groups in total. The van der Waals surface area contributed by atoms with Crippen molar-refractivity contribution >= 4 is 5.97 Å². The summed E-state index contributed by atoms with van der Waals surface area (Å²) < 4.78 is 0. The van der Waals surface area contributed by atoms with E-state index in [4.69, 9.17) is 9.90 Å². The lowest BCUT2D eigenvalue weighted by atomic mass is 10.7. The Balaban J connectivity index is 0. The molecule has 3 nitrogen and oxygen atoms in total. The molecule has 0 spiro atoms. The Labute approximate surface area is 48.3 Å². The maximum Gasteiger partial charge on any atom is 0.0383 e. The Morgan fingerprint density at radius 2 is 1.38 bits per heavy atom. The van der Waals surface area contributed by atoms with Crippen LogP contribution in [0.5, 0.6) is 0 Å². The number of carboxylic acid groups (broad SMARTS) is 1. The Morgan fingerprint density at radius 1 is 1.38 bits per heavy atom. The number of rotatable bonds is 0. The third-order valence-corrected chi connectivity index (χ3v) is 0. The molecule has 0 aromatic carbocycles. The maximum atomic E-state index is 9.33. The number of hydrogen-bond donors (Lipinski definition) is 0. The van der Waals surface area contributed by atoms with Crippen molar-refractivity contribution < 1.29 is 15.0 Å². The third-order valence-electron chi connectivity index (χ3n) is 0. The van der Waals surface area contributed by atoms with E-state index in [2.05, 4.69) is 6.58 Å². The first kappa shape index (κ1) is 10.1. The second-order valence-electron chi connectivity index (χ2n) is 1.19. The second kappa shape index (κ2) is 6.01. The summed E-state index contributed by atoms with van der Waals surface area (Å²) >= 11 is 0. The molecule has 0 unspecified atom stereocenters. The van der Waals surface area contributed by atoms with E-state index in [9.17, 15) is 5.11 Å². The van der Waals surface area contributed by atoms with Crippen molar-refractivity contribution in [2.75, 3.05) is 0 Å². The summed E-state index contributed by atoms with van der Waals surface area (Å²) in [6.07, 6.45) is 0. The molecule has 3 heteroatoms. The summed E-state index contributed by atoms with van der Waals surface area (Å²) in [4.78, 5) is 8.89. The number of carbonyl (C=O) groups excluding carboxylic acids is 1. The first-order chi connectivity index (χ1) is 3.46. The molecule has 0 aliphatic heterocycles. The number of carbonyl (C=O) groups is 1. The van der Waals surface area contributed by atoms with Crippen molar-refractivity contribution in [3.8, 4) is 0 Å². The van der Waals surface area contributed by atoms with Crippen molar-refractivity contribution in [2.45, 2.75) is 13.8 Å². The van der Waals surface area contributed by atoms with Crippen LogP contribution in [-0.2, 0) is 4.79 Å². The zero-order chi connectivity index (χ0) is 7.15. The fraction of sp³-hybridized carbons (Fsp3) is 0.400.